The summed E-state index contributed by atoms with van der Waals surface area (Å²) in [4.78, 5) is 26.1. The zero-order valence-electron chi connectivity index (χ0n) is 18.1. The number of nitrogens with zero attached hydrogens (tertiary/aromatic N) is 1. The van der Waals surface area contributed by atoms with Crippen LogP contribution in [0.1, 0.15) is 38.5 Å². The highest BCUT2D eigenvalue weighted by Gasteiger charge is 2.38. The molecule has 36 heavy (non-hydrogen) atoms. The molecule has 1 aliphatic rings. The van der Waals surface area contributed by atoms with E-state index in [0.717, 1.165) is 17.0 Å². The van der Waals surface area contributed by atoms with Gasteiger partial charge in [-0.3, -0.25) is 9.59 Å². The van der Waals surface area contributed by atoms with Gasteiger partial charge < -0.3 is 10.0 Å². The van der Waals surface area contributed by atoms with E-state index in [1.807, 2.05) is 0 Å². The number of carboxylic acids is 1. The predicted molar refractivity (Wildman–Crippen MR) is 113 cm³/mol. The molecule has 1 amide bonds. The van der Waals surface area contributed by atoms with Gasteiger partial charge in [0.2, 0.25) is 0 Å². The normalized spacial score (nSPS) is 16.1. The second kappa shape index (κ2) is 8.96. The van der Waals surface area contributed by atoms with Gasteiger partial charge in [0.15, 0.2) is 0 Å². The Balaban J connectivity index is 1.70. The van der Waals surface area contributed by atoms with E-state index >= 15 is 0 Å². The maximum atomic E-state index is 14.0. The highest BCUT2D eigenvalue weighted by atomic mass is 19.4. The summed E-state index contributed by atoms with van der Waals surface area (Å²) in [6, 6.07) is 10.6. The Kier molecular flexibility index (Phi) is 6.27. The van der Waals surface area contributed by atoms with E-state index in [-0.39, 0.29) is 34.4 Å². The molecular formula is C25H16F7NO3. The van der Waals surface area contributed by atoms with E-state index in [1.54, 1.807) is 0 Å². The van der Waals surface area contributed by atoms with Crippen LogP contribution in [0.25, 0.3) is 11.1 Å². The van der Waals surface area contributed by atoms with Gasteiger partial charge in [-0.25, -0.2) is 4.39 Å². The van der Waals surface area contributed by atoms with Crippen LogP contribution in [0.5, 0.6) is 0 Å². The zero-order chi connectivity index (χ0) is 26.4. The minimum Gasteiger partial charge on any atom is -0.481 e. The number of carbonyl (C=O) groups is 2. The fraction of sp³-hybridized carbons (Fsp3) is 0.200. The third kappa shape index (κ3) is 4.77. The molecule has 188 valence electrons. The fourth-order valence-electron chi connectivity index (χ4n) is 4.22. The number of hydrogen-bond acceptors (Lipinski definition) is 2. The van der Waals surface area contributed by atoms with Gasteiger partial charge >= 0.3 is 18.3 Å². The Morgan fingerprint density at radius 1 is 0.889 bits per heavy atom. The topological polar surface area (TPSA) is 57.6 Å². The van der Waals surface area contributed by atoms with Crippen molar-refractivity contribution in [2.24, 2.45) is 0 Å². The molecule has 0 aromatic heterocycles. The van der Waals surface area contributed by atoms with Crippen molar-refractivity contribution in [1.29, 1.82) is 0 Å². The number of amides is 1. The lowest BCUT2D eigenvalue weighted by Crippen LogP contribution is -2.41. The van der Waals surface area contributed by atoms with Crippen molar-refractivity contribution < 1.29 is 45.4 Å². The van der Waals surface area contributed by atoms with Crippen LogP contribution in [-0.4, -0.2) is 28.4 Å². The SMILES string of the molecule is O=C(O)C1CN(Cc2ccc(C(F)(F)F)c(F)c2)C(=O)c2ccc(-c3ccccc3C(F)(F)F)cc21. The van der Waals surface area contributed by atoms with Crippen LogP contribution in [0.4, 0.5) is 30.7 Å². The molecule has 1 unspecified atom stereocenters. The number of benzene rings is 3. The van der Waals surface area contributed by atoms with Crippen LogP contribution in [0.2, 0.25) is 0 Å². The van der Waals surface area contributed by atoms with Crippen molar-refractivity contribution in [3.8, 4) is 11.1 Å². The molecule has 0 saturated heterocycles. The predicted octanol–water partition coefficient (Wildman–Crippen LogP) is 6.35. The first-order valence-corrected chi connectivity index (χ1v) is 10.5. The third-order valence-corrected chi connectivity index (χ3v) is 5.90. The Bertz CT molecular complexity index is 1350. The van der Waals surface area contributed by atoms with Crippen LogP contribution < -0.4 is 0 Å². The van der Waals surface area contributed by atoms with Crippen LogP contribution >= 0.6 is 0 Å². The first-order chi connectivity index (χ1) is 16.8. The van der Waals surface area contributed by atoms with Gasteiger partial charge in [-0.15, -0.1) is 0 Å². The highest BCUT2D eigenvalue weighted by Crippen LogP contribution is 2.39. The first kappa shape index (κ1) is 25.2. The van der Waals surface area contributed by atoms with Gasteiger partial charge in [-0.2, -0.15) is 26.3 Å². The van der Waals surface area contributed by atoms with Gasteiger partial charge in [-0.05, 0) is 52.6 Å². The van der Waals surface area contributed by atoms with Crippen molar-refractivity contribution in [2.45, 2.75) is 24.8 Å². The van der Waals surface area contributed by atoms with E-state index in [1.165, 1.54) is 36.4 Å². The number of halogens is 7. The number of aliphatic carboxylic acids is 1. The largest absolute Gasteiger partial charge is 0.481 e. The lowest BCUT2D eigenvalue weighted by molar-refractivity contribution is -0.140. The maximum Gasteiger partial charge on any atom is 0.419 e. The molecule has 0 spiro atoms. The molecule has 11 heteroatoms. The summed E-state index contributed by atoms with van der Waals surface area (Å²) in [6.45, 7) is -0.774. The lowest BCUT2D eigenvalue weighted by atomic mass is 9.86. The zero-order valence-corrected chi connectivity index (χ0v) is 18.1. The molecule has 4 rings (SSSR count). The summed E-state index contributed by atoms with van der Waals surface area (Å²) < 4.78 is 92.8. The van der Waals surface area contributed by atoms with Crippen LogP contribution in [-0.2, 0) is 23.7 Å². The average molecular weight is 511 g/mol. The molecule has 3 aromatic carbocycles. The monoisotopic (exact) mass is 511 g/mol. The summed E-state index contributed by atoms with van der Waals surface area (Å²) in [5.74, 6) is -4.89. The van der Waals surface area contributed by atoms with Crippen LogP contribution in [0.15, 0.2) is 60.7 Å². The Hall–Kier alpha value is -3.89. The Morgan fingerprint density at radius 2 is 1.56 bits per heavy atom. The molecule has 4 nitrogen and oxygen atoms in total. The van der Waals surface area contributed by atoms with E-state index in [2.05, 4.69) is 0 Å². The Morgan fingerprint density at radius 3 is 2.17 bits per heavy atom. The first-order valence-electron chi connectivity index (χ1n) is 10.5. The van der Waals surface area contributed by atoms with Crippen LogP contribution in [0, 0.1) is 5.82 Å². The molecule has 0 aliphatic carbocycles. The van der Waals surface area contributed by atoms with E-state index in [4.69, 9.17) is 0 Å². The maximum absolute atomic E-state index is 14.0. The van der Waals surface area contributed by atoms with Gasteiger partial charge in [0, 0.05) is 18.7 Å². The minimum absolute atomic E-state index is 0.0110. The number of carbonyl (C=O) groups excluding carboxylic acids is 1. The summed E-state index contributed by atoms with van der Waals surface area (Å²) in [6.07, 6.45) is -9.57. The van der Waals surface area contributed by atoms with Gasteiger partial charge in [0.25, 0.3) is 5.91 Å². The minimum atomic E-state index is -4.90. The van der Waals surface area contributed by atoms with Crippen molar-refractivity contribution in [3.05, 3.63) is 94.3 Å². The van der Waals surface area contributed by atoms with E-state index in [9.17, 15) is 45.4 Å². The molecule has 1 heterocycles. The number of alkyl halides is 6. The second-order valence-electron chi connectivity index (χ2n) is 8.23. The standard InChI is InChI=1S/C25H16F7NO3/c26-21-9-13(5-8-20(21)25(30,31)32)11-33-12-18(23(35)36)17-10-14(6-7-16(17)22(33)34)15-3-1-2-4-19(15)24(27,28)29/h1-10,18H,11-12H2,(H,35,36). The molecule has 0 fully saturated rings. The lowest BCUT2D eigenvalue weighted by Gasteiger charge is -2.33. The summed E-state index contributed by atoms with van der Waals surface area (Å²) in [5.41, 5.74) is -2.57. The van der Waals surface area contributed by atoms with Gasteiger partial charge in [-0.1, -0.05) is 30.3 Å². The van der Waals surface area contributed by atoms with E-state index in [0.29, 0.717) is 12.1 Å². The molecule has 0 bridgehead atoms. The smallest absolute Gasteiger partial charge is 0.419 e. The van der Waals surface area contributed by atoms with Gasteiger partial charge in [0.1, 0.15) is 11.7 Å². The van der Waals surface area contributed by atoms with Crippen LogP contribution in [0.3, 0.4) is 0 Å². The number of rotatable bonds is 4. The third-order valence-electron chi connectivity index (χ3n) is 5.90. The molecule has 0 radical (unpaired) electrons. The molecule has 1 aliphatic heterocycles. The van der Waals surface area contributed by atoms with Gasteiger partial charge in [0.05, 0.1) is 11.1 Å². The molecule has 1 N–H and O–H groups in total. The molecule has 0 saturated carbocycles. The molecule has 1 atom stereocenters. The molecular weight excluding hydrogens is 495 g/mol. The quantitative estimate of drug-likeness (QED) is 0.415. The van der Waals surface area contributed by atoms with Crippen molar-refractivity contribution >= 4 is 11.9 Å². The highest BCUT2D eigenvalue weighted by molar-refractivity contribution is 6.00. The van der Waals surface area contributed by atoms with Crippen molar-refractivity contribution in [2.75, 3.05) is 6.54 Å². The second-order valence-corrected chi connectivity index (χ2v) is 8.23. The number of hydrogen-bond donors (Lipinski definition) is 1. The molecule has 3 aromatic rings. The summed E-state index contributed by atoms with van der Waals surface area (Å²) in [7, 11) is 0. The number of fused-ring (bicyclic) bond motifs is 1. The summed E-state index contributed by atoms with van der Waals surface area (Å²) in [5, 5.41) is 9.77. The Labute approximate surface area is 199 Å². The number of carboxylic acid groups (broad SMARTS) is 1. The fourth-order valence-corrected chi connectivity index (χ4v) is 4.22. The van der Waals surface area contributed by atoms with Crippen molar-refractivity contribution in [3.63, 3.8) is 0 Å². The average Bonchev–Trinajstić information content (AvgIpc) is 2.79. The van der Waals surface area contributed by atoms with Crippen molar-refractivity contribution in [1.82, 2.24) is 4.90 Å². The summed E-state index contributed by atoms with van der Waals surface area (Å²) >= 11 is 0. The van der Waals surface area contributed by atoms with E-state index < -0.39 is 53.6 Å².